The van der Waals surface area contributed by atoms with Gasteiger partial charge in [-0.05, 0) is 50.7 Å². The van der Waals surface area contributed by atoms with Gasteiger partial charge in [-0.2, -0.15) is 0 Å². The van der Waals surface area contributed by atoms with Crippen LogP contribution in [-0.2, 0) is 0 Å². The molecule has 1 atom stereocenters. The van der Waals surface area contributed by atoms with Crippen molar-refractivity contribution in [3.05, 3.63) is 47.1 Å². The molecule has 1 saturated carbocycles. The van der Waals surface area contributed by atoms with Crippen molar-refractivity contribution in [2.24, 2.45) is 16.6 Å². The van der Waals surface area contributed by atoms with Gasteiger partial charge in [0.2, 0.25) is 0 Å². The second-order valence-corrected chi connectivity index (χ2v) is 6.65. The molecule has 1 aromatic heterocycles. The van der Waals surface area contributed by atoms with Crippen molar-refractivity contribution >= 4 is 17.2 Å². The van der Waals surface area contributed by atoms with Crippen molar-refractivity contribution in [3.8, 4) is 0 Å². The zero-order valence-electron chi connectivity index (χ0n) is 15.0. The summed E-state index contributed by atoms with van der Waals surface area (Å²) >= 11 is 0. The first kappa shape index (κ1) is 17.4. The van der Waals surface area contributed by atoms with Gasteiger partial charge in [0.15, 0.2) is 11.6 Å². The number of hydrogen-bond donors (Lipinski definition) is 3. The Bertz CT molecular complexity index is 785. The lowest BCUT2D eigenvalue weighted by molar-refractivity contribution is 0.230. The number of rotatable bonds is 6. The van der Waals surface area contributed by atoms with Gasteiger partial charge in [0.1, 0.15) is 5.84 Å². The highest BCUT2D eigenvalue weighted by molar-refractivity contribution is 5.94. The van der Waals surface area contributed by atoms with Crippen molar-refractivity contribution in [1.82, 2.24) is 15.3 Å². The summed E-state index contributed by atoms with van der Waals surface area (Å²) in [5.41, 5.74) is 10.0. The number of nitrogens with zero attached hydrogens (tertiary/aromatic N) is 3. The van der Waals surface area contributed by atoms with E-state index < -0.39 is 6.10 Å². The number of hydrogen-bond acceptors (Lipinski definition) is 5. The lowest BCUT2D eigenvalue weighted by Crippen LogP contribution is -2.15. The van der Waals surface area contributed by atoms with Crippen LogP contribution in [0.15, 0.2) is 40.7 Å². The summed E-state index contributed by atoms with van der Waals surface area (Å²) in [6.07, 6.45) is 10.1. The van der Waals surface area contributed by atoms with Gasteiger partial charge >= 0.3 is 0 Å². The Balaban J connectivity index is 1.82. The molecule has 4 N–H and O–H groups in total. The van der Waals surface area contributed by atoms with E-state index in [0.717, 1.165) is 22.4 Å². The average molecular weight is 339 g/mol. The molecule has 1 fully saturated rings. The highest BCUT2D eigenvalue weighted by Gasteiger charge is 2.25. The minimum Gasteiger partial charge on any atom is -0.391 e. The Morgan fingerprint density at radius 2 is 2.20 bits per heavy atom. The Hall–Kier alpha value is -2.47. The molecule has 132 valence electrons. The molecule has 0 bridgehead atoms. The molecule has 0 radical (unpaired) electrons. The maximum absolute atomic E-state index is 9.70. The third kappa shape index (κ3) is 4.14. The third-order valence-electron chi connectivity index (χ3n) is 4.51. The van der Waals surface area contributed by atoms with E-state index >= 15 is 0 Å². The molecule has 0 amide bonds. The maximum atomic E-state index is 9.70. The van der Waals surface area contributed by atoms with Gasteiger partial charge in [-0.1, -0.05) is 12.2 Å². The molecule has 25 heavy (non-hydrogen) atoms. The fourth-order valence-corrected chi connectivity index (χ4v) is 2.79. The van der Waals surface area contributed by atoms with Gasteiger partial charge < -0.3 is 16.2 Å². The summed E-state index contributed by atoms with van der Waals surface area (Å²) in [6.45, 7) is 3.68. The standard InChI is InChI=1S/C19H25N5O/c1-11-10-22-19(15-7-6-14(8-15)12(2)25)24-18(11)23-17(20)9-16(21-3)13-4-5-13/h6-7,9-10,12-13,21,25H,4-5,8H2,1-3H3,(H2,20,22,23,24)/b16-9-/t12-/m1/s1. The van der Waals surface area contributed by atoms with E-state index in [0.29, 0.717) is 29.8 Å². The average Bonchev–Trinajstić information content (AvgIpc) is 3.30. The van der Waals surface area contributed by atoms with E-state index in [2.05, 4.69) is 20.3 Å². The first-order chi connectivity index (χ1) is 12.0. The molecule has 0 aliphatic heterocycles. The van der Waals surface area contributed by atoms with Gasteiger partial charge in [0, 0.05) is 30.1 Å². The van der Waals surface area contributed by atoms with Gasteiger partial charge in [-0.3, -0.25) is 0 Å². The molecule has 0 saturated heterocycles. The molecule has 0 aromatic carbocycles. The normalized spacial score (nSPS) is 19.5. The maximum Gasteiger partial charge on any atom is 0.161 e. The SMILES string of the molecule is CN/C(=C\C(N)=Nc1nc(C2=CC=C([C@@H](C)O)C2)ncc1C)C1CC1. The van der Waals surface area contributed by atoms with Crippen LogP contribution in [0.4, 0.5) is 5.82 Å². The highest BCUT2D eigenvalue weighted by Crippen LogP contribution is 2.34. The fraction of sp³-hybridized carbons (Fsp3) is 0.421. The molecule has 3 rings (SSSR count). The van der Waals surface area contributed by atoms with Crippen molar-refractivity contribution in [2.75, 3.05) is 7.05 Å². The third-order valence-corrected chi connectivity index (χ3v) is 4.51. The Morgan fingerprint density at radius 3 is 2.80 bits per heavy atom. The van der Waals surface area contributed by atoms with Crippen LogP contribution in [-0.4, -0.2) is 34.1 Å². The predicted octanol–water partition coefficient (Wildman–Crippen LogP) is 2.38. The Kier molecular flexibility index (Phi) is 4.99. The summed E-state index contributed by atoms with van der Waals surface area (Å²) in [4.78, 5) is 13.5. The monoisotopic (exact) mass is 339 g/mol. The second-order valence-electron chi connectivity index (χ2n) is 6.65. The number of aliphatic hydroxyl groups excluding tert-OH is 1. The number of aliphatic hydroxyl groups is 1. The fourth-order valence-electron chi connectivity index (χ4n) is 2.79. The minimum atomic E-state index is -0.458. The molecule has 0 unspecified atom stereocenters. The van der Waals surface area contributed by atoms with Gasteiger partial charge in [0.25, 0.3) is 0 Å². The van der Waals surface area contributed by atoms with Crippen molar-refractivity contribution in [3.63, 3.8) is 0 Å². The lowest BCUT2D eigenvalue weighted by atomic mass is 10.1. The van der Waals surface area contributed by atoms with Gasteiger partial charge in [-0.15, -0.1) is 0 Å². The zero-order chi connectivity index (χ0) is 18.0. The van der Waals surface area contributed by atoms with Crippen LogP contribution in [0.5, 0.6) is 0 Å². The molecule has 0 spiro atoms. The molecule has 2 aliphatic rings. The van der Waals surface area contributed by atoms with Gasteiger partial charge in [-0.25, -0.2) is 15.0 Å². The van der Waals surface area contributed by atoms with Crippen LogP contribution >= 0.6 is 0 Å². The van der Waals surface area contributed by atoms with Crippen LogP contribution < -0.4 is 11.1 Å². The quantitative estimate of drug-likeness (QED) is 0.546. The molecule has 6 heteroatoms. The molecule has 1 aromatic rings. The summed E-state index contributed by atoms with van der Waals surface area (Å²) in [6, 6.07) is 0. The van der Waals surface area contributed by atoms with Crippen molar-refractivity contribution in [1.29, 1.82) is 0 Å². The van der Waals surface area contributed by atoms with Gasteiger partial charge in [0.05, 0.1) is 6.10 Å². The van der Waals surface area contributed by atoms with Crippen LogP contribution in [0.25, 0.3) is 5.57 Å². The summed E-state index contributed by atoms with van der Waals surface area (Å²) in [5.74, 6) is 2.22. The zero-order valence-corrected chi connectivity index (χ0v) is 15.0. The lowest BCUT2D eigenvalue weighted by Gasteiger charge is -2.08. The van der Waals surface area contributed by atoms with Crippen LogP contribution in [0.1, 0.15) is 37.6 Å². The largest absolute Gasteiger partial charge is 0.391 e. The smallest absolute Gasteiger partial charge is 0.161 e. The van der Waals surface area contributed by atoms with E-state index in [1.807, 2.05) is 32.2 Å². The van der Waals surface area contributed by atoms with E-state index in [4.69, 9.17) is 5.73 Å². The molecular formula is C19H25N5O. The van der Waals surface area contributed by atoms with E-state index in [-0.39, 0.29) is 0 Å². The number of amidine groups is 1. The summed E-state index contributed by atoms with van der Waals surface area (Å²) in [7, 11) is 1.91. The summed E-state index contributed by atoms with van der Waals surface area (Å²) in [5, 5.41) is 12.9. The minimum absolute atomic E-state index is 0.437. The number of allylic oxidation sites excluding steroid dienone is 4. The van der Waals surface area contributed by atoms with Crippen LogP contribution in [0.3, 0.4) is 0 Å². The number of aliphatic imine (C=N–C) groups is 1. The van der Waals surface area contributed by atoms with E-state index in [1.54, 1.807) is 13.1 Å². The van der Waals surface area contributed by atoms with E-state index in [9.17, 15) is 5.11 Å². The van der Waals surface area contributed by atoms with Crippen molar-refractivity contribution in [2.45, 2.75) is 39.2 Å². The second kappa shape index (κ2) is 7.19. The van der Waals surface area contributed by atoms with Crippen LogP contribution in [0, 0.1) is 12.8 Å². The number of aryl methyl sites for hydroxylation is 1. The number of nitrogens with two attached hydrogens (primary N) is 1. The molecule has 2 aliphatic carbocycles. The first-order valence-electron chi connectivity index (χ1n) is 8.63. The number of aromatic nitrogens is 2. The van der Waals surface area contributed by atoms with Crippen LogP contribution in [0.2, 0.25) is 0 Å². The molecular weight excluding hydrogens is 314 g/mol. The predicted molar refractivity (Wildman–Crippen MR) is 100 cm³/mol. The topological polar surface area (TPSA) is 96.4 Å². The Labute approximate surface area is 148 Å². The first-order valence-corrected chi connectivity index (χ1v) is 8.63. The Morgan fingerprint density at radius 1 is 1.44 bits per heavy atom. The highest BCUT2D eigenvalue weighted by atomic mass is 16.3. The number of nitrogens with one attached hydrogen (secondary N) is 1. The van der Waals surface area contributed by atoms with E-state index in [1.165, 1.54) is 12.8 Å². The van der Waals surface area contributed by atoms with Crippen molar-refractivity contribution < 1.29 is 5.11 Å². The summed E-state index contributed by atoms with van der Waals surface area (Å²) < 4.78 is 0. The molecule has 1 heterocycles. The molecule has 6 nitrogen and oxygen atoms in total.